The molecular weight excluding hydrogens is 331 g/mol. The zero-order valence-corrected chi connectivity index (χ0v) is 14.6. The van der Waals surface area contributed by atoms with E-state index >= 15 is 0 Å². The Morgan fingerprint density at radius 1 is 1.19 bits per heavy atom. The average Bonchev–Trinajstić information content (AvgIpc) is 3.32. The van der Waals surface area contributed by atoms with Crippen LogP contribution in [0, 0.1) is 12.7 Å². The van der Waals surface area contributed by atoms with Crippen LogP contribution in [0.4, 0.5) is 4.39 Å². The van der Waals surface area contributed by atoms with Crippen LogP contribution in [0.25, 0.3) is 11.3 Å². The molecule has 0 saturated carbocycles. The first kappa shape index (κ1) is 16.9. The molecule has 4 nitrogen and oxygen atoms in total. The van der Waals surface area contributed by atoms with Crippen LogP contribution >= 0.6 is 0 Å². The van der Waals surface area contributed by atoms with Crippen molar-refractivity contribution in [1.82, 2.24) is 10.3 Å². The van der Waals surface area contributed by atoms with E-state index in [1.54, 1.807) is 19.2 Å². The minimum absolute atomic E-state index is 0.00333. The minimum Gasteiger partial charge on any atom is -0.460 e. The molecule has 26 heavy (non-hydrogen) atoms. The largest absolute Gasteiger partial charge is 0.460 e. The molecule has 5 heteroatoms. The summed E-state index contributed by atoms with van der Waals surface area (Å²) in [5.41, 5.74) is 2.47. The normalized spacial score (nSPS) is 19.8. The summed E-state index contributed by atoms with van der Waals surface area (Å²) >= 11 is 0. The molecule has 1 aliphatic rings. The molecule has 0 amide bonds. The van der Waals surface area contributed by atoms with E-state index in [1.165, 1.54) is 6.07 Å². The van der Waals surface area contributed by atoms with Gasteiger partial charge in [-0.3, -0.25) is 4.98 Å². The third kappa shape index (κ3) is 3.41. The van der Waals surface area contributed by atoms with Gasteiger partial charge in [-0.15, -0.1) is 0 Å². The highest BCUT2D eigenvalue weighted by Crippen LogP contribution is 2.30. The molecule has 0 bridgehead atoms. The van der Waals surface area contributed by atoms with E-state index in [2.05, 4.69) is 10.3 Å². The number of hydrogen-bond donors (Lipinski definition) is 1. The van der Waals surface area contributed by atoms with Crippen LogP contribution in [0.2, 0.25) is 0 Å². The molecule has 3 heterocycles. The highest BCUT2D eigenvalue weighted by molar-refractivity contribution is 5.62. The SMILES string of the molecule is Cc1c(F)cccc1-c1ccc(CN[C@H]2CCO[C@@H]2c2cccnc2)o1. The third-order valence-electron chi connectivity index (χ3n) is 4.84. The molecule has 0 aliphatic carbocycles. The van der Waals surface area contributed by atoms with Crippen LogP contribution in [-0.2, 0) is 11.3 Å². The maximum Gasteiger partial charge on any atom is 0.134 e. The molecule has 1 N–H and O–H groups in total. The van der Waals surface area contributed by atoms with Gasteiger partial charge in [0.15, 0.2) is 0 Å². The van der Waals surface area contributed by atoms with Gasteiger partial charge in [0, 0.05) is 36.2 Å². The van der Waals surface area contributed by atoms with Crippen LogP contribution < -0.4 is 5.32 Å². The lowest BCUT2D eigenvalue weighted by Gasteiger charge is -2.19. The monoisotopic (exact) mass is 352 g/mol. The van der Waals surface area contributed by atoms with Crippen LogP contribution in [0.1, 0.15) is 29.4 Å². The zero-order chi connectivity index (χ0) is 17.9. The molecule has 1 aliphatic heterocycles. The zero-order valence-electron chi connectivity index (χ0n) is 14.6. The van der Waals surface area contributed by atoms with E-state index in [4.69, 9.17) is 9.15 Å². The Bertz CT molecular complexity index is 879. The van der Waals surface area contributed by atoms with Crippen molar-refractivity contribution in [2.45, 2.75) is 32.0 Å². The number of nitrogens with one attached hydrogen (secondary N) is 1. The van der Waals surface area contributed by atoms with E-state index in [9.17, 15) is 4.39 Å². The molecule has 4 rings (SSSR count). The van der Waals surface area contributed by atoms with Gasteiger partial charge in [-0.05, 0) is 43.2 Å². The minimum atomic E-state index is -0.221. The van der Waals surface area contributed by atoms with Crippen molar-refractivity contribution in [2.75, 3.05) is 6.61 Å². The summed E-state index contributed by atoms with van der Waals surface area (Å²) in [7, 11) is 0. The Morgan fingerprint density at radius 3 is 2.96 bits per heavy atom. The van der Waals surface area contributed by atoms with E-state index in [0.29, 0.717) is 17.9 Å². The molecule has 0 radical (unpaired) electrons. The summed E-state index contributed by atoms with van der Waals surface area (Å²) in [5.74, 6) is 1.28. The van der Waals surface area contributed by atoms with Gasteiger partial charge in [0.2, 0.25) is 0 Å². The Labute approximate surface area is 152 Å². The van der Waals surface area contributed by atoms with Crippen molar-refractivity contribution in [3.8, 4) is 11.3 Å². The summed E-state index contributed by atoms with van der Waals surface area (Å²) in [5, 5.41) is 3.52. The first-order valence-corrected chi connectivity index (χ1v) is 8.81. The van der Waals surface area contributed by atoms with Gasteiger partial charge in [-0.2, -0.15) is 0 Å². The van der Waals surface area contributed by atoms with E-state index in [-0.39, 0.29) is 18.0 Å². The lowest BCUT2D eigenvalue weighted by molar-refractivity contribution is 0.0978. The highest BCUT2D eigenvalue weighted by Gasteiger charge is 2.29. The maximum atomic E-state index is 13.8. The van der Waals surface area contributed by atoms with Crippen molar-refractivity contribution in [3.05, 3.63) is 77.6 Å². The number of furan rings is 1. The fourth-order valence-electron chi connectivity index (χ4n) is 3.40. The van der Waals surface area contributed by atoms with Gasteiger partial charge in [-0.1, -0.05) is 18.2 Å². The Morgan fingerprint density at radius 2 is 2.12 bits per heavy atom. The lowest BCUT2D eigenvalue weighted by Crippen LogP contribution is -2.31. The molecule has 1 aromatic carbocycles. The highest BCUT2D eigenvalue weighted by atomic mass is 19.1. The van der Waals surface area contributed by atoms with Crippen molar-refractivity contribution in [1.29, 1.82) is 0 Å². The molecule has 3 aromatic rings. The molecule has 1 fully saturated rings. The van der Waals surface area contributed by atoms with Crippen molar-refractivity contribution < 1.29 is 13.5 Å². The number of halogens is 1. The number of hydrogen-bond acceptors (Lipinski definition) is 4. The number of aromatic nitrogens is 1. The second kappa shape index (κ2) is 7.40. The molecule has 1 saturated heterocycles. The summed E-state index contributed by atoms with van der Waals surface area (Å²) < 4.78 is 25.5. The summed E-state index contributed by atoms with van der Waals surface area (Å²) in [6.07, 6.45) is 4.56. The predicted molar refractivity (Wildman–Crippen MR) is 97.0 cm³/mol. The van der Waals surface area contributed by atoms with Gasteiger partial charge in [0.1, 0.15) is 17.3 Å². The molecule has 0 unspecified atom stereocenters. The number of benzene rings is 1. The van der Waals surface area contributed by atoms with Crippen LogP contribution in [0.3, 0.4) is 0 Å². The fraction of sp³-hybridized carbons (Fsp3) is 0.286. The standard InChI is InChI=1S/C21H21FN2O2/c1-14-17(5-2-6-18(14)22)20-8-7-16(26-20)13-24-19-9-11-25-21(19)15-4-3-10-23-12-15/h2-8,10,12,19,21,24H,9,11,13H2,1H3/t19-,21+/m0/s1. The smallest absolute Gasteiger partial charge is 0.134 e. The Kier molecular flexibility index (Phi) is 4.82. The van der Waals surface area contributed by atoms with E-state index < -0.39 is 0 Å². The number of pyridine rings is 1. The predicted octanol–water partition coefficient (Wildman–Crippen LogP) is 4.41. The molecule has 134 valence electrons. The number of rotatable bonds is 5. The third-order valence-corrected chi connectivity index (χ3v) is 4.84. The van der Waals surface area contributed by atoms with Crippen LogP contribution in [-0.4, -0.2) is 17.6 Å². The van der Waals surface area contributed by atoms with Gasteiger partial charge < -0.3 is 14.5 Å². The summed E-state index contributed by atoms with van der Waals surface area (Å²) in [4.78, 5) is 4.18. The van der Waals surface area contributed by atoms with Crippen LogP contribution in [0.5, 0.6) is 0 Å². The Hall–Kier alpha value is -2.50. The maximum absolute atomic E-state index is 13.8. The summed E-state index contributed by atoms with van der Waals surface area (Å²) in [6.45, 7) is 3.09. The second-order valence-electron chi connectivity index (χ2n) is 6.53. The first-order valence-electron chi connectivity index (χ1n) is 8.81. The molecule has 2 atom stereocenters. The fourth-order valence-corrected chi connectivity index (χ4v) is 3.40. The van der Waals surface area contributed by atoms with Gasteiger partial charge in [-0.25, -0.2) is 4.39 Å². The number of ether oxygens (including phenoxy) is 1. The number of nitrogens with zero attached hydrogens (tertiary/aromatic N) is 1. The van der Waals surface area contributed by atoms with E-state index in [1.807, 2.05) is 36.5 Å². The lowest BCUT2D eigenvalue weighted by atomic mass is 10.0. The Balaban J connectivity index is 1.44. The van der Waals surface area contributed by atoms with E-state index in [0.717, 1.165) is 29.9 Å². The van der Waals surface area contributed by atoms with Gasteiger partial charge in [0.25, 0.3) is 0 Å². The quantitative estimate of drug-likeness (QED) is 0.739. The summed E-state index contributed by atoms with van der Waals surface area (Å²) in [6, 6.07) is 13.0. The topological polar surface area (TPSA) is 47.3 Å². The van der Waals surface area contributed by atoms with Crippen molar-refractivity contribution in [2.24, 2.45) is 0 Å². The molecule has 0 spiro atoms. The molecular formula is C21H21FN2O2. The van der Waals surface area contributed by atoms with Crippen LogP contribution in [0.15, 0.2) is 59.3 Å². The van der Waals surface area contributed by atoms with Gasteiger partial charge >= 0.3 is 0 Å². The first-order chi connectivity index (χ1) is 12.7. The second-order valence-corrected chi connectivity index (χ2v) is 6.53. The molecule has 2 aromatic heterocycles. The van der Waals surface area contributed by atoms with Crippen molar-refractivity contribution >= 4 is 0 Å². The van der Waals surface area contributed by atoms with Crippen molar-refractivity contribution in [3.63, 3.8) is 0 Å². The van der Waals surface area contributed by atoms with Gasteiger partial charge in [0.05, 0.1) is 12.6 Å². The average molecular weight is 352 g/mol.